The molecule has 0 bridgehead atoms. The standard InChI is InChI=1S/C16H26O4/c1-15-8-4-9-16(2,14(19)20-3)13(15)6-5-12(18)11(15)7-10-17/h11,13,17H,4-10H2,1-3H3/t11-,13+,15+,16-/m0/s1. The Kier molecular flexibility index (Phi) is 4.24. The van der Waals surface area contributed by atoms with Crippen molar-refractivity contribution in [2.24, 2.45) is 22.7 Å². The van der Waals surface area contributed by atoms with Gasteiger partial charge in [-0.1, -0.05) is 13.3 Å². The highest BCUT2D eigenvalue weighted by molar-refractivity contribution is 5.84. The first-order valence-electron chi connectivity index (χ1n) is 7.62. The molecule has 0 unspecified atom stereocenters. The van der Waals surface area contributed by atoms with Crippen molar-refractivity contribution in [2.45, 2.75) is 52.4 Å². The average molecular weight is 282 g/mol. The van der Waals surface area contributed by atoms with Gasteiger partial charge in [0.25, 0.3) is 0 Å². The van der Waals surface area contributed by atoms with Crippen molar-refractivity contribution in [3.8, 4) is 0 Å². The Morgan fingerprint density at radius 1 is 1.40 bits per heavy atom. The van der Waals surface area contributed by atoms with Crippen molar-refractivity contribution < 1.29 is 19.4 Å². The van der Waals surface area contributed by atoms with E-state index in [0.29, 0.717) is 12.8 Å². The first-order chi connectivity index (χ1) is 9.40. The molecule has 1 N–H and O–H groups in total. The number of carbonyl (C=O) groups excluding carboxylic acids is 2. The summed E-state index contributed by atoms with van der Waals surface area (Å²) in [6, 6.07) is 0. The summed E-state index contributed by atoms with van der Waals surface area (Å²) in [5.74, 6) is 0.165. The van der Waals surface area contributed by atoms with Gasteiger partial charge in [0.05, 0.1) is 12.5 Å². The summed E-state index contributed by atoms with van der Waals surface area (Å²) in [4.78, 5) is 24.5. The minimum atomic E-state index is -0.490. The molecule has 0 heterocycles. The molecule has 2 fully saturated rings. The van der Waals surface area contributed by atoms with E-state index in [2.05, 4.69) is 6.92 Å². The first kappa shape index (κ1) is 15.5. The number of hydrogen-bond donors (Lipinski definition) is 1. The minimum Gasteiger partial charge on any atom is -0.469 e. The van der Waals surface area contributed by atoms with E-state index < -0.39 is 5.41 Å². The first-order valence-corrected chi connectivity index (χ1v) is 7.62. The maximum Gasteiger partial charge on any atom is 0.311 e. The van der Waals surface area contributed by atoms with Gasteiger partial charge in [0, 0.05) is 18.9 Å². The fraction of sp³-hybridized carbons (Fsp3) is 0.875. The number of hydrogen-bond acceptors (Lipinski definition) is 4. The largest absolute Gasteiger partial charge is 0.469 e. The van der Waals surface area contributed by atoms with Crippen molar-refractivity contribution in [3.63, 3.8) is 0 Å². The Morgan fingerprint density at radius 2 is 2.10 bits per heavy atom. The number of aliphatic hydroxyl groups excluding tert-OH is 1. The van der Waals surface area contributed by atoms with E-state index in [1.54, 1.807) is 0 Å². The van der Waals surface area contributed by atoms with Gasteiger partial charge in [0.2, 0.25) is 0 Å². The number of rotatable bonds is 3. The van der Waals surface area contributed by atoms with Crippen LogP contribution in [0.3, 0.4) is 0 Å². The summed E-state index contributed by atoms with van der Waals surface area (Å²) in [6.45, 7) is 4.16. The number of ketones is 1. The highest BCUT2D eigenvalue weighted by Gasteiger charge is 2.58. The van der Waals surface area contributed by atoms with Gasteiger partial charge in [-0.2, -0.15) is 0 Å². The lowest BCUT2D eigenvalue weighted by molar-refractivity contribution is -0.173. The molecule has 4 nitrogen and oxygen atoms in total. The topological polar surface area (TPSA) is 63.6 Å². The van der Waals surface area contributed by atoms with Crippen LogP contribution in [0.1, 0.15) is 52.4 Å². The fourth-order valence-electron chi connectivity index (χ4n) is 4.90. The maximum atomic E-state index is 12.3. The Bertz CT molecular complexity index is 405. The SMILES string of the molecule is COC(=O)[C@@]1(C)CCC[C@@]2(C)[C@H]1CCC(=O)[C@@H]2CCO. The summed E-state index contributed by atoms with van der Waals surface area (Å²) in [6.07, 6.45) is 4.54. The molecule has 0 amide bonds. The Balaban J connectivity index is 2.38. The van der Waals surface area contributed by atoms with Crippen LogP contribution in [0.5, 0.6) is 0 Å². The van der Waals surface area contributed by atoms with Crippen molar-refractivity contribution in [1.82, 2.24) is 0 Å². The van der Waals surface area contributed by atoms with E-state index in [1.165, 1.54) is 7.11 Å². The van der Waals surface area contributed by atoms with Crippen LogP contribution >= 0.6 is 0 Å². The highest BCUT2D eigenvalue weighted by atomic mass is 16.5. The van der Waals surface area contributed by atoms with Gasteiger partial charge in [-0.15, -0.1) is 0 Å². The number of methoxy groups -OCH3 is 1. The number of carbonyl (C=O) groups is 2. The second-order valence-corrected chi connectivity index (χ2v) is 6.89. The number of esters is 1. The Labute approximate surface area is 120 Å². The molecule has 2 rings (SSSR count). The van der Waals surface area contributed by atoms with Gasteiger partial charge in [0.15, 0.2) is 0 Å². The monoisotopic (exact) mass is 282 g/mol. The molecule has 0 aromatic carbocycles. The summed E-state index contributed by atoms with van der Waals surface area (Å²) in [5, 5.41) is 9.28. The third-order valence-corrected chi connectivity index (χ3v) is 5.91. The molecule has 0 aliphatic heterocycles. The maximum absolute atomic E-state index is 12.3. The van der Waals surface area contributed by atoms with Gasteiger partial charge < -0.3 is 9.84 Å². The Morgan fingerprint density at radius 3 is 2.70 bits per heavy atom. The number of aliphatic hydroxyl groups is 1. The van der Waals surface area contributed by atoms with E-state index in [-0.39, 0.29) is 35.6 Å². The lowest BCUT2D eigenvalue weighted by Crippen LogP contribution is -2.55. The normalized spacial score (nSPS) is 41.1. The van der Waals surface area contributed by atoms with Crippen molar-refractivity contribution in [1.29, 1.82) is 0 Å². The zero-order chi connectivity index (χ0) is 15.0. The molecule has 0 aromatic rings. The predicted octanol–water partition coefficient (Wildman–Crippen LogP) is 2.33. The van der Waals surface area contributed by atoms with E-state index in [9.17, 15) is 14.7 Å². The summed E-state index contributed by atoms with van der Waals surface area (Å²) in [7, 11) is 1.44. The van der Waals surface area contributed by atoms with Crippen LogP contribution in [0.2, 0.25) is 0 Å². The third kappa shape index (κ3) is 2.18. The molecule has 20 heavy (non-hydrogen) atoms. The molecule has 2 aliphatic rings. The van der Waals surface area contributed by atoms with Crippen LogP contribution in [-0.4, -0.2) is 30.6 Å². The molecule has 2 saturated carbocycles. The zero-order valence-electron chi connectivity index (χ0n) is 12.8. The smallest absolute Gasteiger partial charge is 0.311 e. The molecule has 0 radical (unpaired) electrons. The number of ether oxygens (including phenoxy) is 1. The lowest BCUT2D eigenvalue weighted by atomic mass is 9.47. The van der Waals surface area contributed by atoms with Crippen LogP contribution < -0.4 is 0 Å². The van der Waals surface area contributed by atoms with Gasteiger partial charge in [-0.3, -0.25) is 9.59 Å². The van der Waals surface area contributed by atoms with Crippen molar-refractivity contribution in [2.75, 3.05) is 13.7 Å². The second-order valence-electron chi connectivity index (χ2n) is 6.89. The summed E-state index contributed by atoms with van der Waals surface area (Å²) >= 11 is 0. The molecule has 0 saturated heterocycles. The quantitative estimate of drug-likeness (QED) is 0.807. The second kappa shape index (κ2) is 5.47. The lowest BCUT2D eigenvalue weighted by Gasteiger charge is -2.56. The predicted molar refractivity (Wildman–Crippen MR) is 75.0 cm³/mol. The van der Waals surface area contributed by atoms with Gasteiger partial charge in [-0.05, 0) is 43.9 Å². The van der Waals surface area contributed by atoms with Gasteiger partial charge in [-0.25, -0.2) is 0 Å². The van der Waals surface area contributed by atoms with E-state index in [0.717, 1.165) is 25.7 Å². The highest BCUT2D eigenvalue weighted by Crippen LogP contribution is 2.60. The molecular formula is C16H26O4. The number of fused-ring (bicyclic) bond motifs is 1. The molecule has 4 atom stereocenters. The van der Waals surface area contributed by atoms with Gasteiger partial charge in [0.1, 0.15) is 5.78 Å². The van der Waals surface area contributed by atoms with Crippen LogP contribution in [0, 0.1) is 22.7 Å². The average Bonchev–Trinajstić information content (AvgIpc) is 2.41. The third-order valence-electron chi connectivity index (χ3n) is 5.91. The fourth-order valence-corrected chi connectivity index (χ4v) is 4.90. The molecule has 4 heteroatoms. The van der Waals surface area contributed by atoms with Crippen molar-refractivity contribution in [3.05, 3.63) is 0 Å². The molecule has 2 aliphatic carbocycles. The minimum absolute atomic E-state index is 0.0354. The summed E-state index contributed by atoms with van der Waals surface area (Å²) in [5.41, 5.74) is -0.671. The molecular weight excluding hydrogens is 256 g/mol. The summed E-state index contributed by atoms with van der Waals surface area (Å²) < 4.78 is 5.04. The molecule has 0 aromatic heterocycles. The Hall–Kier alpha value is -0.900. The van der Waals surface area contributed by atoms with Crippen LogP contribution in [0.15, 0.2) is 0 Å². The molecule has 0 spiro atoms. The van der Waals surface area contributed by atoms with Crippen molar-refractivity contribution >= 4 is 11.8 Å². The molecule has 114 valence electrons. The van der Waals surface area contributed by atoms with Gasteiger partial charge >= 0.3 is 5.97 Å². The van der Waals surface area contributed by atoms with E-state index in [1.807, 2.05) is 6.92 Å². The van der Waals surface area contributed by atoms with E-state index in [4.69, 9.17) is 4.74 Å². The zero-order valence-corrected chi connectivity index (χ0v) is 12.8. The van der Waals surface area contributed by atoms with Crippen LogP contribution in [0.4, 0.5) is 0 Å². The van der Waals surface area contributed by atoms with Crippen LogP contribution in [0.25, 0.3) is 0 Å². The number of Topliss-reactive ketones (excluding diaryl/α,β-unsaturated/α-hetero) is 1. The van der Waals surface area contributed by atoms with Crippen LogP contribution in [-0.2, 0) is 14.3 Å². The van der Waals surface area contributed by atoms with E-state index >= 15 is 0 Å².